The third-order valence-corrected chi connectivity index (χ3v) is 3.49. The lowest BCUT2D eigenvalue weighted by atomic mass is 10.1. The topological polar surface area (TPSA) is 59.6 Å². The lowest BCUT2D eigenvalue weighted by Crippen LogP contribution is -2.40. The smallest absolute Gasteiger partial charge is 0.189 e. The van der Waals surface area contributed by atoms with E-state index < -0.39 is 0 Å². The van der Waals surface area contributed by atoms with Gasteiger partial charge in [0.2, 0.25) is 0 Å². The summed E-state index contributed by atoms with van der Waals surface area (Å²) < 4.78 is 5.04. The van der Waals surface area contributed by atoms with Gasteiger partial charge in [0.25, 0.3) is 0 Å². The van der Waals surface area contributed by atoms with Crippen LogP contribution in [0.1, 0.15) is 18.1 Å². The zero-order chi connectivity index (χ0) is 14.3. The highest BCUT2D eigenvalue weighted by Crippen LogP contribution is 2.22. The number of aryl methyl sites for hydroxylation is 1. The number of aliphatic imine (C=N–C) groups is 1. The molecule has 3 N–H and O–H groups in total. The van der Waals surface area contributed by atoms with Gasteiger partial charge in [-0.05, 0) is 37.3 Å². The van der Waals surface area contributed by atoms with E-state index in [1.807, 2.05) is 6.92 Å². The Morgan fingerprint density at radius 1 is 1.50 bits per heavy atom. The molecule has 0 amide bonds. The third kappa shape index (κ3) is 6.81. The predicted molar refractivity (Wildman–Crippen MR) is 98.2 cm³/mol. The van der Waals surface area contributed by atoms with Gasteiger partial charge in [0, 0.05) is 18.0 Å². The second-order valence-electron chi connectivity index (χ2n) is 4.52. The number of halogens is 1. The summed E-state index contributed by atoms with van der Waals surface area (Å²) in [6, 6.07) is 6.54. The van der Waals surface area contributed by atoms with Crippen molar-refractivity contribution < 1.29 is 4.74 Å². The van der Waals surface area contributed by atoms with Crippen molar-refractivity contribution in [1.82, 2.24) is 5.32 Å². The molecule has 1 atom stereocenters. The highest BCUT2D eigenvalue weighted by molar-refractivity contribution is 14.0. The van der Waals surface area contributed by atoms with Crippen molar-refractivity contribution in [2.45, 2.75) is 31.3 Å². The van der Waals surface area contributed by atoms with Gasteiger partial charge in [-0.3, -0.25) is 0 Å². The maximum atomic E-state index is 5.85. The highest BCUT2D eigenvalue weighted by atomic mass is 127. The van der Waals surface area contributed by atoms with E-state index in [1.165, 1.54) is 16.0 Å². The van der Waals surface area contributed by atoms with Gasteiger partial charge >= 0.3 is 0 Å². The zero-order valence-electron chi connectivity index (χ0n) is 12.5. The molecule has 0 radical (unpaired) electrons. The molecule has 0 aliphatic carbocycles. The van der Waals surface area contributed by atoms with Crippen LogP contribution in [0.3, 0.4) is 0 Å². The number of nitrogens with one attached hydrogen (secondary N) is 1. The molecule has 0 spiro atoms. The third-order valence-electron chi connectivity index (χ3n) is 2.67. The molecule has 4 nitrogen and oxygen atoms in total. The summed E-state index contributed by atoms with van der Waals surface area (Å²) in [6.45, 7) is 5.30. The second kappa shape index (κ2) is 10.3. The van der Waals surface area contributed by atoms with E-state index in [1.54, 1.807) is 18.9 Å². The quantitative estimate of drug-likeness (QED) is 0.328. The zero-order valence-corrected chi connectivity index (χ0v) is 15.6. The Labute approximate surface area is 143 Å². The maximum Gasteiger partial charge on any atom is 0.189 e. The standard InChI is InChI=1S/C14H23N3OS.HI/c1-10-5-6-12(13(7-10)19-4)8-16-14(15)17-11(2)9-18-3;/h5-7,11H,8-9H2,1-4H3,(H3,15,16,17);1H. The van der Waals surface area contributed by atoms with Crippen LogP contribution in [0.4, 0.5) is 0 Å². The van der Waals surface area contributed by atoms with Crippen LogP contribution in [-0.2, 0) is 11.3 Å². The molecule has 1 aromatic carbocycles. The molecule has 0 aliphatic heterocycles. The Bertz CT molecular complexity index is 440. The molecular formula is C14H24IN3OS. The molecule has 0 aromatic heterocycles. The molecule has 0 aliphatic rings. The van der Waals surface area contributed by atoms with Crippen LogP contribution in [0.25, 0.3) is 0 Å². The molecule has 0 saturated carbocycles. The first-order chi connectivity index (χ1) is 9.06. The van der Waals surface area contributed by atoms with Crippen molar-refractivity contribution in [3.05, 3.63) is 29.3 Å². The van der Waals surface area contributed by atoms with Crippen LogP contribution in [0.5, 0.6) is 0 Å². The number of nitrogens with zero attached hydrogens (tertiary/aromatic N) is 1. The fourth-order valence-corrected chi connectivity index (χ4v) is 2.44. The summed E-state index contributed by atoms with van der Waals surface area (Å²) in [5.74, 6) is 0.456. The van der Waals surface area contributed by atoms with Gasteiger partial charge in [-0.2, -0.15) is 0 Å². The fourth-order valence-electron chi connectivity index (χ4n) is 1.74. The van der Waals surface area contributed by atoms with Crippen molar-refractivity contribution in [3.8, 4) is 0 Å². The highest BCUT2D eigenvalue weighted by Gasteiger charge is 2.04. The van der Waals surface area contributed by atoms with E-state index in [4.69, 9.17) is 10.5 Å². The summed E-state index contributed by atoms with van der Waals surface area (Å²) in [7, 11) is 1.67. The summed E-state index contributed by atoms with van der Waals surface area (Å²) in [5, 5.41) is 3.10. The van der Waals surface area contributed by atoms with E-state index in [-0.39, 0.29) is 30.0 Å². The first kappa shape index (κ1) is 19.5. The molecule has 0 fully saturated rings. The fraction of sp³-hybridized carbons (Fsp3) is 0.500. The molecule has 1 rings (SSSR count). The molecule has 6 heteroatoms. The summed E-state index contributed by atoms with van der Waals surface area (Å²) in [5.41, 5.74) is 8.31. The molecule has 0 saturated heterocycles. The average Bonchev–Trinajstić information content (AvgIpc) is 2.37. The summed E-state index contributed by atoms with van der Waals surface area (Å²) in [6.07, 6.45) is 2.07. The van der Waals surface area contributed by atoms with E-state index in [0.717, 1.165) is 0 Å². The number of nitrogens with two attached hydrogens (primary N) is 1. The maximum absolute atomic E-state index is 5.85. The van der Waals surface area contributed by atoms with Gasteiger partial charge in [0.05, 0.1) is 13.2 Å². The monoisotopic (exact) mass is 409 g/mol. The van der Waals surface area contributed by atoms with Crippen LogP contribution < -0.4 is 11.1 Å². The molecule has 20 heavy (non-hydrogen) atoms. The Hall–Kier alpha value is -0.470. The Morgan fingerprint density at radius 2 is 2.20 bits per heavy atom. The van der Waals surface area contributed by atoms with E-state index >= 15 is 0 Å². The predicted octanol–water partition coefficient (Wildman–Crippen LogP) is 2.77. The van der Waals surface area contributed by atoms with Gasteiger partial charge in [0.15, 0.2) is 5.96 Å². The molecule has 0 bridgehead atoms. The van der Waals surface area contributed by atoms with Crippen molar-refractivity contribution in [1.29, 1.82) is 0 Å². The Balaban J connectivity index is 0.00000361. The van der Waals surface area contributed by atoms with Crippen LogP contribution in [0, 0.1) is 6.92 Å². The molecule has 1 aromatic rings. The molecule has 114 valence electrons. The van der Waals surface area contributed by atoms with E-state index in [0.29, 0.717) is 19.1 Å². The van der Waals surface area contributed by atoms with Crippen molar-refractivity contribution >= 4 is 41.7 Å². The number of guanidine groups is 1. The van der Waals surface area contributed by atoms with E-state index in [2.05, 4.69) is 41.7 Å². The average molecular weight is 409 g/mol. The molecular weight excluding hydrogens is 385 g/mol. The minimum Gasteiger partial charge on any atom is -0.383 e. The summed E-state index contributed by atoms with van der Waals surface area (Å²) in [4.78, 5) is 5.62. The normalized spacial score (nSPS) is 12.7. The minimum absolute atomic E-state index is 0. The number of hydrogen-bond donors (Lipinski definition) is 2. The van der Waals surface area contributed by atoms with Crippen LogP contribution in [-0.4, -0.2) is 32.0 Å². The van der Waals surface area contributed by atoms with Gasteiger partial charge < -0.3 is 15.8 Å². The number of hydrogen-bond acceptors (Lipinski definition) is 3. The van der Waals surface area contributed by atoms with Crippen LogP contribution in [0.15, 0.2) is 28.1 Å². The van der Waals surface area contributed by atoms with Crippen LogP contribution >= 0.6 is 35.7 Å². The van der Waals surface area contributed by atoms with E-state index in [9.17, 15) is 0 Å². The first-order valence-corrected chi connectivity index (χ1v) is 7.48. The van der Waals surface area contributed by atoms with Gasteiger partial charge in [-0.25, -0.2) is 4.99 Å². The minimum atomic E-state index is 0. The van der Waals surface area contributed by atoms with Gasteiger partial charge in [0.1, 0.15) is 0 Å². The molecule has 1 unspecified atom stereocenters. The van der Waals surface area contributed by atoms with Gasteiger partial charge in [-0.15, -0.1) is 35.7 Å². The largest absolute Gasteiger partial charge is 0.383 e. The SMILES string of the molecule is COCC(C)NC(N)=NCc1ccc(C)cc1SC.I. The number of ether oxygens (including phenoxy) is 1. The first-order valence-electron chi connectivity index (χ1n) is 6.25. The lowest BCUT2D eigenvalue weighted by Gasteiger charge is -2.13. The van der Waals surface area contributed by atoms with Crippen molar-refractivity contribution in [2.75, 3.05) is 20.0 Å². The summed E-state index contributed by atoms with van der Waals surface area (Å²) >= 11 is 1.73. The van der Waals surface area contributed by atoms with Crippen LogP contribution in [0.2, 0.25) is 0 Å². The Kier molecular flexibility index (Phi) is 10.0. The second-order valence-corrected chi connectivity index (χ2v) is 5.37. The number of methoxy groups -OCH3 is 1. The lowest BCUT2D eigenvalue weighted by molar-refractivity contribution is 0.179. The van der Waals surface area contributed by atoms with Crippen molar-refractivity contribution in [3.63, 3.8) is 0 Å². The number of benzene rings is 1. The molecule has 0 heterocycles. The Morgan fingerprint density at radius 3 is 2.80 bits per heavy atom. The van der Waals surface area contributed by atoms with Crippen molar-refractivity contribution in [2.24, 2.45) is 10.7 Å². The number of thioether (sulfide) groups is 1. The number of rotatable bonds is 6. The van der Waals surface area contributed by atoms with Gasteiger partial charge in [-0.1, -0.05) is 12.1 Å².